The van der Waals surface area contributed by atoms with Crippen LogP contribution in [0.2, 0.25) is 0 Å². The number of thioether (sulfide) groups is 1. The van der Waals surface area contributed by atoms with Gasteiger partial charge in [-0.15, -0.1) is 11.3 Å². The number of rotatable bonds is 14. The molecule has 111 heavy (non-hydrogen) atoms. The molecule has 0 atom stereocenters. The molecular formula is C100H78B2BrN4O2S2. The zero-order chi connectivity index (χ0) is 80.1. The second-order valence-electron chi connectivity index (χ2n) is 26.6. The highest BCUT2D eigenvalue weighted by Gasteiger charge is 2.24. The van der Waals surface area contributed by atoms with Crippen molar-refractivity contribution in [1.82, 2.24) is 19.9 Å². The molecule has 2 N–H and O–H groups in total. The smallest absolute Gasteiger partial charge is 0.423 e. The summed E-state index contributed by atoms with van der Waals surface area (Å²) in [6.07, 6.45) is 8.15. The zero-order valence-corrected chi connectivity index (χ0v) is 63.4. The van der Waals surface area contributed by atoms with Gasteiger partial charge in [-0.1, -0.05) is 367 Å². The van der Waals surface area contributed by atoms with E-state index in [2.05, 4.69) is 354 Å². The first kappa shape index (κ1) is 68.8. The van der Waals surface area contributed by atoms with Crippen LogP contribution in [-0.2, 0) is 0 Å². The van der Waals surface area contributed by atoms with Crippen LogP contribution in [0, 0.1) is 0 Å². The molecule has 535 valence electrons. The van der Waals surface area contributed by atoms with Gasteiger partial charge in [-0.25, -0.2) is 9.97 Å². The summed E-state index contributed by atoms with van der Waals surface area (Å²) in [5, 5.41) is 27.8. The molecule has 0 amide bonds. The summed E-state index contributed by atoms with van der Waals surface area (Å²) in [6.45, 7) is 0. The van der Waals surface area contributed by atoms with Gasteiger partial charge in [0.1, 0.15) is 0 Å². The van der Waals surface area contributed by atoms with Crippen LogP contribution in [0.15, 0.2) is 393 Å². The number of fused-ring (bicyclic) bond motifs is 8. The highest BCUT2D eigenvalue weighted by atomic mass is 79.9. The maximum absolute atomic E-state index is 9.67. The number of pyridine rings is 4. The molecule has 19 aromatic rings. The van der Waals surface area contributed by atoms with Gasteiger partial charge in [-0.2, -0.15) is 0 Å². The highest BCUT2D eigenvalue weighted by Crippen LogP contribution is 2.53. The third-order valence-electron chi connectivity index (χ3n) is 19.7. The Bertz CT molecular complexity index is 6620. The van der Waals surface area contributed by atoms with Gasteiger partial charge in [-0.05, 0) is 131 Å². The largest absolute Gasteiger partial charge is 0.489 e. The lowest BCUT2D eigenvalue weighted by Crippen LogP contribution is -2.30. The van der Waals surface area contributed by atoms with E-state index >= 15 is 0 Å². The minimum absolute atomic E-state index is 0. The van der Waals surface area contributed by atoms with E-state index in [1.807, 2.05) is 72.1 Å². The van der Waals surface area contributed by atoms with E-state index in [0.717, 1.165) is 81.4 Å². The predicted octanol–water partition coefficient (Wildman–Crippen LogP) is 27.0. The lowest BCUT2D eigenvalue weighted by atomic mass is 9.76. The molecule has 11 heteroatoms. The molecule has 0 spiro atoms. The lowest BCUT2D eigenvalue weighted by Gasteiger charge is -2.13. The molecule has 0 aliphatic rings. The van der Waals surface area contributed by atoms with Crippen LogP contribution in [0.4, 0.5) is 0 Å². The summed E-state index contributed by atoms with van der Waals surface area (Å²) in [7, 11) is -1.51. The Kier molecular flexibility index (Phi) is 20.7. The number of thiophene rings is 1. The standard InChI is InChI=1S/C50H32N2S.C28H21BrS.C22H15BN2O2.B.5H2/c1-4-13-34(14-5-1)45-46(35-15-6-2-7-16-35)50(53-49(45)38-17-8-3-9-18-38)39-26-22-33(23-27-39)40-29-30-43(42-21-11-10-20-41(40)42)44-31-28-37-25-24-36-19-12-32-51-47(36)48(37)52-44;29-26-18-16-25(17-19-26)28(21-23-12-6-2-7-13-23)30-27(24-14-8-3-9-15-24)20-22-10-4-1-5-11-22;26-23(27)19-11-10-18(16-5-1-2-6-17(16)19)20-12-9-15-8-7-14-4-3-13-24-21(14)22(15)25-20;;;;;;/h1-32H;1-21H;1-13,26-27H;;5*1H/b;27-20+,28-21+;;;;;;;/i;;;;3*1+1D;1+1;. The zero-order valence-electron chi connectivity index (χ0n) is 66.1. The molecule has 5 heterocycles. The Labute approximate surface area is 676 Å². The van der Waals surface area contributed by atoms with Crippen LogP contribution in [0.1, 0.15) is 34.0 Å². The van der Waals surface area contributed by atoms with Gasteiger partial charge in [0.25, 0.3) is 0 Å². The Morgan fingerprint density at radius 1 is 0.342 bits per heavy atom. The van der Waals surface area contributed by atoms with Gasteiger partial charge in [-0.3, -0.25) is 9.97 Å². The molecule has 0 saturated heterocycles. The first-order valence-corrected chi connectivity index (χ1v) is 38.9. The van der Waals surface area contributed by atoms with Gasteiger partial charge in [0.2, 0.25) is 0 Å². The van der Waals surface area contributed by atoms with Gasteiger partial charge in [0.05, 0.1) is 33.5 Å². The Morgan fingerprint density at radius 3 is 1.18 bits per heavy atom. The molecule has 0 aliphatic heterocycles. The normalized spacial score (nSPS) is 11.7. The van der Waals surface area contributed by atoms with Crippen molar-refractivity contribution in [3.8, 4) is 76.8 Å². The molecule has 3 radical (unpaired) electrons. The van der Waals surface area contributed by atoms with E-state index in [-0.39, 0.29) is 11.3 Å². The summed E-state index contributed by atoms with van der Waals surface area (Å²) >= 11 is 7.23. The van der Waals surface area contributed by atoms with Crippen molar-refractivity contribution >= 4 is 147 Å². The fraction of sp³-hybridized carbons (Fsp3) is 0. The van der Waals surface area contributed by atoms with Crippen LogP contribution in [0.25, 0.3) is 164 Å². The number of halogens is 1. The molecule has 0 saturated carbocycles. The first-order chi connectivity index (χ1) is 57.3. The van der Waals surface area contributed by atoms with Gasteiger partial charge < -0.3 is 10.0 Å². The maximum atomic E-state index is 9.67. The van der Waals surface area contributed by atoms with Crippen molar-refractivity contribution in [2.75, 3.05) is 0 Å². The first-order valence-electron chi connectivity index (χ1n) is 39.5. The average molecular weight is 1540 g/mol. The summed E-state index contributed by atoms with van der Waals surface area (Å²) in [5.41, 5.74) is 22.5. The fourth-order valence-corrected chi connectivity index (χ4v) is 17.1. The molecule has 6 nitrogen and oxygen atoms in total. The molecule has 19 rings (SSSR count). The van der Waals surface area contributed by atoms with Crippen LogP contribution in [0.3, 0.4) is 0 Å². The molecule has 0 unspecified atom stereocenters. The molecule has 14 aromatic carbocycles. The van der Waals surface area contributed by atoms with E-state index in [9.17, 15) is 10.0 Å². The quantitative estimate of drug-likeness (QED) is 0.0637. The molecule has 0 fully saturated rings. The van der Waals surface area contributed by atoms with Crippen LogP contribution in [0.5, 0.6) is 0 Å². The van der Waals surface area contributed by atoms with Crippen LogP contribution < -0.4 is 5.46 Å². The van der Waals surface area contributed by atoms with Crippen molar-refractivity contribution in [2.45, 2.75) is 0 Å². The molecule has 0 aliphatic carbocycles. The number of nitrogens with zero attached hydrogens (tertiary/aromatic N) is 4. The van der Waals surface area contributed by atoms with E-state index in [4.69, 9.17) is 18.9 Å². The van der Waals surface area contributed by atoms with Gasteiger partial charge in [0.15, 0.2) is 0 Å². The van der Waals surface area contributed by atoms with Crippen molar-refractivity contribution in [1.29, 1.82) is 0 Å². The monoisotopic (exact) mass is 1540 g/mol. The average Bonchev–Trinajstić information content (AvgIpc) is 1.71. The van der Waals surface area contributed by atoms with E-state index in [1.54, 1.807) is 24.0 Å². The van der Waals surface area contributed by atoms with Crippen molar-refractivity contribution in [3.05, 3.63) is 415 Å². The summed E-state index contributed by atoms with van der Waals surface area (Å²) in [4.78, 5) is 24.3. The number of benzene rings is 14. The number of hydrogen-bond acceptors (Lipinski definition) is 8. The lowest BCUT2D eigenvalue weighted by molar-refractivity contribution is 0.426. The minimum atomic E-state index is -1.51. The summed E-state index contributed by atoms with van der Waals surface area (Å²) in [6, 6.07) is 131. The fourth-order valence-electron chi connectivity index (χ4n) is 14.4. The van der Waals surface area contributed by atoms with Crippen molar-refractivity contribution in [2.24, 2.45) is 0 Å². The van der Waals surface area contributed by atoms with E-state index in [0.29, 0.717) is 5.46 Å². The molecular weight excluding hydrogens is 1450 g/mol. The third kappa shape index (κ3) is 15.7. The SMILES string of the molecule is Brc1ccc(/C(=C\c2ccccc2)S/C(=C/c2ccccc2)c2ccccc2)cc1.OB(O)c1ccc(-c2ccc3ccc4cccnc4c3n2)c2ccccc12.[2HH].[2H][2H].[2H][2H].[2H][2H].[B].[HH].c1ccc(-c2sc(-c3ccc(-c4ccc(-c5ccc6ccc7cccnc7c6n5)c5ccccc45)cc3)c(-c3ccccc3)c2-c2ccccc2)cc1. The summed E-state index contributed by atoms with van der Waals surface area (Å²) < 4.78 is 31.1. The Morgan fingerprint density at radius 2 is 0.703 bits per heavy atom. The topological polar surface area (TPSA) is 92.0 Å². The van der Waals surface area contributed by atoms with Gasteiger partial charge in [0, 0.05) is 100 Å². The molecule has 5 aromatic heterocycles. The molecule has 0 bridgehead atoms. The number of aromatic nitrogens is 4. The predicted molar refractivity (Wildman–Crippen MR) is 488 cm³/mol. The summed E-state index contributed by atoms with van der Waals surface area (Å²) in [5.74, 6) is 0. The van der Waals surface area contributed by atoms with Gasteiger partial charge >= 0.3 is 7.12 Å². The van der Waals surface area contributed by atoms with Crippen LogP contribution >= 0.6 is 39.0 Å². The second kappa shape index (κ2) is 33.4. The Hall–Kier alpha value is -12.7. The maximum Gasteiger partial charge on any atom is 0.489 e. The Balaban J connectivity index is 0.000000180. The van der Waals surface area contributed by atoms with Crippen molar-refractivity contribution < 1.29 is 21.8 Å². The second-order valence-corrected chi connectivity index (χ2v) is 29.7. The van der Waals surface area contributed by atoms with E-state index < -0.39 is 7.12 Å². The van der Waals surface area contributed by atoms with E-state index in [1.165, 1.54) is 97.1 Å². The number of hydrogen-bond donors (Lipinski definition) is 2. The third-order valence-corrected chi connectivity index (χ3v) is 22.7. The highest BCUT2D eigenvalue weighted by molar-refractivity contribution is 9.10. The minimum Gasteiger partial charge on any atom is -0.423 e. The van der Waals surface area contributed by atoms with Crippen LogP contribution in [-0.4, -0.2) is 45.5 Å². The van der Waals surface area contributed by atoms with Crippen molar-refractivity contribution in [3.63, 3.8) is 0 Å².